The van der Waals surface area contributed by atoms with Crippen molar-refractivity contribution in [1.82, 2.24) is 45.0 Å². The standard InChI is InChI=1S/C53H71N9O5S/c1-30(2)42-31(3)43(42)48(63)56-45-47(60-27-53(28-60)18-11-20-58(53)7)49-55-40(26-68-49)33-14-17-41-37(22-33)38(23-52(5,6)29-67-51(65)39-13-10-21-61(57-39)50(45)64)46(36-12-9-19-54-44(36)32(4)66-8)62(41)35-24-59(25-35)34-15-16-34/h9,12,14,17,19,22,26,30-32,34-35,39,42-43,45,47,57H,10-11,13,15-16,18,20-21,23-25,27-29H2,1-8H3,(H,56,63)/t31-,32-,39-,42+,43+,45-,47-/m0/s1. The van der Waals surface area contributed by atoms with Crippen LogP contribution in [0.5, 0.6) is 0 Å². The Morgan fingerprint density at radius 1 is 1.03 bits per heavy atom. The highest BCUT2D eigenvalue weighted by Crippen LogP contribution is 2.52. The number of rotatable bonds is 9. The number of thiazole rings is 1. The van der Waals surface area contributed by atoms with E-state index >= 15 is 4.79 Å². The van der Waals surface area contributed by atoms with Gasteiger partial charge in [-0.1, -0.05) is 40.7 Å². The maximum absolute atomic E-state index is 15.3. The maximum atomic E-state index is 15.3. The largest absolute Gasteiger partial charge is 0.464 e. The van der Waals surface area contributed by atoms with Crippen LogP contribution in [-0.2, 0) is 30.3 Å². The molecule has 0 unspecified atom stereocenters. The lowest BCUT2D eigenvalue weighted by Gasteiger charge is -2.55. The van der Waals surface area contributed by atoms with E-state index in [0.29, 0.717) is 37.8 Å². The summed E-state index contributed by atoms with van der Waals surface area (Å²) in [5, 5.41) is 9.06. The number of amides is 2. The zero-order valence-electron chi connectivity index (χ0n) is 41.3. The normalized spacial score (nSPS) is 29.5. The van der Waals surface area contributed by atoms with Crippen LogP contribution in [-0.4, -0.2) is 136 Å². The highest BCUT2D eigenvalue weighted by atomic mass is 32.1. The molecule has 11 rings (SSSR count). The van der Waals surface area contributed by atoms with E-state index in [4.69, 9.17) is 19.4 Å². The van der Waals surface area contributed by atoms with E-state index in [1.165, 1.54) is 18.4 Å². The average Bonchev–Trinajstić information content (AvgIpc) is 4.12. The lowest BCUT2D eigenvalue weighted by Crippen LogP contribution is -2.70. The minimum atomic E-state index is -0.933. The van der Waals surface area contributed by atoms with Crippen molar-refractivity contribution >= 4 is 40.0 Å². The second kappa shape index (κ2) is 17.6. The van der Waals surface area contributed by atoms with Gasteiger partial charge in [-0.05, 0) is 113 Å². The van der Waals surface area contributed by atoms with Crippen LogP contribution in [0.4, 0.5) is 0 Å². The lowest BCUT2D eigenvalue weighted by atomic mass is 9.84. The summed E-state index contributed by atoms with van der Waals surface area (Å²) in [5.74, 6) is -0.0222. The van der Waals surface area contributed by atoms with Crippen molar-refractivity contribution in [2.45, 2.75) is 128 Å². The molecule has 2 N–H and O–H groups in total. The van der Waals surface area contributed by atoms with E-state index in [0.717, 1.165) is 89.7 Å². The predicted octanol–water partition coefficient (Wildman–Crippen LogP) is 7.02. The molecule has 4 saturated heterocycles. The molecule has 5 aliphatic heterocycles. The first-order chi connectivity index (χ1) is 32.6. The predicted molar refractivity (Wildman–Crippen MR) is 263 cm³/mol. The number of carbonyl (C=O) groups excluding carboxylic acids is 3. The van der Waals surface area contributed by atoms with Crippen molar-refractivity contribution in [3.63, 3.8) is 0 Å². The molecule has 15 heteroatoms. The summed E-state index contributed by atoms with van der Waals surface area (Å²) in [6.07, 6.45) is 8.19. The molecule has 7 aliphatic rings. The van der Waals surface area contributed by atoms with Gasteiger partial charge in [-0.15, -0.1) is 11.3 Å². The number of hydrogen-bond donors (Lipinski definition) is 2. The number of pyridine rings is 1. The third-order valence-corrected chi connectivity index (χ3v) is 18.0. The van der Waals surface area contributed by atoms with Crippen molar-refractivity contribution in [3.05, 3.63) is 58.2 Å². The number of aromatic nitrogens is 3. The van der Waals surface area contributed by atoms with Crippen molar-refractivity contribution in [2.24, 2.45) is 29.1 Å². The molecule has 0 radical (unpaired) electrons. The molecule has 68 heavy (non-hydrogen) atoms. The zero-order valence-corrected chi connectivity index (χ0v) is 42.1. The number of nitrogens with one attached hydrogen (secondary N) is 2. The van der Waals surface area contributed by atoms with Crippen molar-refractivity contribution in [2.75, 3.05) is 60.0 Å². The molecule has 8 heterocycles. The fourth-order valence-electron chi connectivity index (χ4n) is 12.9. The molecule has 364 valence electrons. The first-order valence-corrected chi connectivity index (χ1v) is 26.4. The second-order valence-electron chi connectivity index (χ2n) is 22.7. The fourth-order valence-corrected chi connectivity index (χ4v) is 13.9. The van der Waals surface area contributed by atoms with Crippen LogP contribution < -0.4 is 10.7 Å². The van der Waals surface area contributed by atoms with Crippen molar-refractivity contribution < 1.29 is 23.9 Å². The molecule has 7 atom stereocenters. The van der Waals surface area contributed by atoms with E-state index in [-0.39, 0.29) is 59.8 Å². The third kappa shape index (κ3) is 8.10. The van der Waals surface area contributed by atoms with Crippen LogP contribution in [0, 0.1) is 29.1 Å². The Kier molecular flexibility index (Phi) is 11.9. The van der Waals surface area contributed by atoms with Crippen LogP contribution in [0.3, 0.4) is 0 Å². The number of likely N-dealkylation sites (tertiary alicyclic amines) is 3. The Morgan fingerprint density at radius 2 is 1.82 bits per heavy atom. The van der Waals surface area contributed by atoms with Gasteiger partial charge in [0, 0.05) is 96.4 Å². The highest BCUT2D eigenvalue weighted by Gasteiger charge is 2.57. The summed E-state index contributed by atoms with van der Waals surface area (Å²) >= 11 is 1.57. The summed E-state index contributed by atoms with van der Waals surface area (Å²) in [4.78, 5) is 62.0. The van der Waals surface area contributed by atoms with Crippen molar-refractivity contribution in [1.29, 1.82) is 0 Å². The molecule has 1 spiro atoms. The number of likely N-dealkylation sites (N-methyl/N-ethyl adjacent to an activating group) is 1. The van der Waals surface area contributed by atoms with Crippen LogP contribution in [0.1, 0.15) is 115 Å². The summed E-state index contributed by atoms with van der Waals surface area (Å²) < 4.78 is 14.9. The minimum absolute atomic E-state index is 0.0288. The monoisotopic (exact) mass is 946 g/mol. The number of hydrogen-bond acceptors (Lipinski definition) is 12. The van der Waals surface area contributed by atoms with Gasteiger partial charge in [-0.25, -0.2) is 10.4 Å². The molecule has 6 fully saturated rings. The number of fused-ring (bicyclic) bond motifs is 6. The zero-order chi connectivity index (χ0) is 47.4. The molecule has 2 aliphatic carbocycles. The van der Waals surface area contributed by atoms with Gasteiger partial charge >= 0.3 is 5.97 Å². The molecule has 1 aromatic carbocycles. The van der Waals surface area contributed by atoms with E-state index in [1.54, 1.807) is 23.5 Å². The van der Waals surface area contributed by atoms with Gasteiger partial charge < -0.3 is 19.4 Å². The molecular formula is C53H71N9O5S. The van der Waals surface area contributed by atoms with Gasteiger partial charge in [0.2, 0.25) is 5.91 Å². The summed E-state index contributed by atoms with van der Waals surface area (Å²) in [7, 11) is 3.95. The topological polar surface area (TPSA) is 137 Å². The van der Waals surface area contributed by atoms with Crippen LogP contribution in [0.25, 0.3) is 33.4 Å². The minimum Gasteiger partial charge on any atom is -0.464 e. The van der Waals surface area contributed by atoms with Crippen LogP contribution in [0.15, 0.2) is 41.9 Å². The Balaban J connectivity index is 1.07. The first kappa shape index (κ1) is 46.2. The maximum Gasteiger partial charge on any atom is 0.324 e. The molecular weight excluding hydrogens is 875 g/mol. The Bertz CT molecular complexity index is 2590. The summed E-state index contributed by atoms with van der Waals surface area (Å²) in [6, 6.07) is 9.81. The number of esters is 1. The molecule has 14 nitrogen and oxygen atoms in total. The second-order valence-corrected chi connectivity index (χ2v) is 23.6. The van der Waals surface area contributed by atoms with Gasteiger partial charge in [-0.3, -0.25) is 39.1 Å². The number of nitrogens with zero attached hydrogens (tertiary/aromatic N) is 7. The number of ether oxygens (including phenoxy) is 2. The first-order valence-electron chi connectivity index (χ1n) is 25.5. The van der Waals surface area contributed by atoms with Crippen LogP contribution in [0.2, 0.25) is 0 Å². The smallest absolute Gasteiger partial charge is 0.324 e. The lowest BCUT2D eigenvalue weighted by molar-refractivity contribution is -0.156. The Labute approximate surface area is 405 Å². The number of cyclic esters (lactones) is 1. The molecule has 3 aromatic heterocycles. The van der Waals surface area contributed by atoms with E-state index < -0.39 is 23.5 Å². The van der Waals surface area contributed by atoms with E-state index in [2.05, 4.69) is 108 Å². The van der Waals surface area contributed by atoms with Gasteiger partial charge in [0.1, 0.15) is 17.1 Å². The molecule has 2 amide bonds. The van der Waals surface area contributed by atoms with Crippen molar-refractivity contribution in [3.8, 4) is 22.5 Å². The van der Waals surface area contributed by atoms with Gasteiger partial charge in [-0.2, -0.15) is 0 Å². The average molecular weight is 946 g/mol. The van der Waals surface area contributed by atoms with Gasteiger partial charge in [0.15, 0.2) is 0 Å². The number of benzene rings is 1. The summed E-state index contributed by atoms with van der Waals surface area (Å²) in [5.41, 5.74) is 10.2. The fraction of sp³-hybridized carbons (Fsp3) is 0.642. The molecule has 6 bridgehead atoms. The van der Waals surface area contributed by atoms with E-state index in [1.807, 2.05) is 12.3 Å². The quantitative estimate of drug-likeness (QED) is 0.168. The third-order valence-electron chi connectivity index (χ3n) is 17.1. The molecule has 2 saturated carbocycles. The number of carbonyl (C=O) groups is 3. The summed E-state index contributed by atoms with van der Waals surface area (Å²) in [6.45, 7) is 18.1. The Hall–Kier alpha value is -4.25. The Morgan fingerprint density at radius 3 is 2.53 bits per heavy atom. The van der Waals surface area contributed by atoms with Gasteiger partial charge in [0.25, 0.3) is 5.91 Å². The molecule has 4 aromatic rings. The van der Waals surface area contributed by atoms with Crippen LogP contribution >= 0.6 is 11.3 Å². The van der Waals surface area contributed by atoms with E-state index in [9.17, 15) is 9.59 Å². The highest BCUT2D eigenvalue weighted by molar-refractivity contribution is 7.10. The van der Waals surface area contributed by atoms with Gasteiger partial charge in [0.05, 0.1) is 41.9 Å². The SMILES string of the molecule is CO[C@@H](C)c1ncccc1-c1c2c3cc(ccc3n1C1CN(C3CC3)C1)-c1csc(n1)[C@@H](N1CC3(CCCN3C)C1)[C@H](NC(=O)[C@@H]1[C@@H](C)[C@H]1C(C)C)C(=O)N1CCC[C@H](N1)C(=O)OCC(C)(C)C2. The number of hydrazine groups is 1. The number of methoxy groups -OCH3 is 1.